The van der Waals surface area contributed by atoms with Crippen LogP contribution in [0.15, 0.2) is 16.6 Å². The zero-order valence-electron chi connectivity index (χ0n) is 11.2. The van der Waals surface area contributed by atoms with Crippen molar-refractivity contribution in [2.24, 2.45) is 5.92 Å². The second-order valence-corrected chi connectivity index (χ2v) is 6.17. The lowest BCUT2D eigenvalue weighted by atomic mass is 9.97. The largest absolute Gasteiger partial charge is 0.398 e. The van der Waals surface area contributed by atoms with Crippen molar-refractivity contribution in [2.75, 3.05) is 37.7 Å². The molecule has 0 aliphatic carbocycles. The summed E-state index contributed by atoms with van der Waals surface area (Å²) in [5.41, 5.74) is 9.00. The van der Waals surface area contributed by atoms with E-state index in [9.17, 15) is 0 Å². The highest BCUT2D eigenvalue weighted by molar-refractivity contribution is 9.10. The highest BCUT2D eigenvalue weighted by Crippen LogP contribution is 2.28. The van der Waals surface area contributed by atoms with Gasteiger partial charge in [0.25, 0.3) is 0 Å². The van der Waals surface area contributed by atoms with Gasteiger partial charge in [0.15, 0.2) is 0 Å². The third kappa shape index (κ3) is 3.39. The number of rotatable bonds is 3. The van der Waals surface area contributed by atoms with Crippen molar-refractivity contribution in [3.8, 4) is 0 Å². The molecular formula is C14H22BrN3. The molecule has 1 aromatic carbocycles. The fraction of sp³-hybridized carbons (Fsp3) is 0.571. The average molecular weight is 312 g/mol. The van der Waals surface area contributed by atoms with Crippen LogP contribution in [0.2, 0.25) is 0 Å². The molecule has 1 aliphatic heterocycles. The second-order valence-electron chi connectivity index (χ2n) is 5.32. The van der Waals surface area contributed by atoms with Crippen molar-refractivity contribution in [1.82, 2.24) is 4.90 Å². The Bertz CT molecular complexity index is 412. The van der Waals surface area contributed by atoms with Crippen LogP contribution in [0.1, 0.15) is 18.4 Å². The zero-order valence-corrected chi connectivity index (χ0v) is 12.8. The Labute approximate surface area is 118 Å². The summed E-state index contributed by atoms with van der Waals surface area (Å²) < 4.78 is 1.05. The molecule has 0 radical (unpaired) electrons. The van der Waals surface area contributed by atoms with Gasteiger partial charge in [-0.05, 0) is 79.4 Å². The van der Waals surface area contributed by atoms with Crippen LogP contribution >= 0.6 is 15.9 Å². The summed E-state index contributed by atoms with van der Waals surface area (Å²) in [7, 11) is 2.20. The molecule has 0 spiro atoms. The minimum atomic E-state index is 0.783. The molecule has 18 heavy (non-hydrogen) atoms. The van der Waals surface area contributed by atoms with E-state index in [0.29, 0.717) is 0 Å². The van der Waals surface area contributed by atoms with Crippen molar-refractivity contribution in [3.63, 3.8) is 0 Å². The van der Waals surface area contributed by atoms with E-state index in [1.807, 2.05) is 13.0 Å². The first kappa shape index (κ1) is 13.7. The van der Waals surface area contributed by atoms with Gasteiger partial charge in [-0.3, -0.25) is 0 Å². The first-order valence-electron chi connectivity index (χ1n) is 6.54. The van der Waals surface area contributed by atoms with E-state index in [2.05, 4.69) is 39.3 Å². The Balaban J connectivity index is 1.92. The second kappa shape index (κ2) is 5.93. The molecule has 2 rings (SSSR count). The summed E-state index contributed by atoms with van der Waals surface area (Å²) >= 11 is 3.57. The Morgan fingerprint density at radius 3 is 2.72 bits per heavy atom. The number of nitrogens with zero attached hydrogens (tertiary/aromatic N) is 1. The Hall–Kier alpha value is -0.740. The van der Waals surface area contributed by atoms with Gasteiger partial charge in [-0.2, -0.15) is 0 Å². The fourth-order valence-electron chi connectivity index (χ4n) is 2.35. The Kier molecular flexibility index (Phi) is 4.51. The monoisotopic (exact) mass is 311 g/mol. The normalized spacial score (nSPS) is 17.9. The van der Waals surface area contributed by atoms with Gasteiger partial charge in [-0.25, -0.2) is 0 Å². The van der Waals surface area contributed by atoms with Crippen LogP contribution in [0.4, 0.5) is 11.4 Å². The summed E-state index contributed by atoms with van der Waals surface area (Å²) in [4.78, 5) is 2.40. The molecule has 0 bridgehead atoms. The number of anilines is 2. The number of piperidine rings is 1. The van der Waals surface area contributed by atoms with Gasteiger partial charge in [0.05, 0.1) is 0 Å². The molecule has 1 heterocycles. The molecule has 0 atom stereocenters. The molecule has 1 fully saturated rings. The zero-order chi connectivity index (χ0) is 13.1. The van der Waals surface area contributed by atoms with Crippen LogP contribution in [-0.2, 0) is 0 Å². The summed E-state index contributed by atoms with van der Waals surface area (Å²) in [5, 5.41) is 3.54. The molecule has 0 amide bonds. The molecule has 4 heteroatoms. The van der Waals surface area contributed by atoms with Gasteiger partial charge >= 0.3 is 0 Å². The molecule has 3 N–H and O–H groups in total. The Morgan fingerprint density at radius 1 is 1.39 bits per heavy atom. The maximum atomic E-state index is 5.88. The van der Waals surface area contributed by atoms with Crippen LogP contribution < -0.4 is 11.1 Å². The smallest absolute Gasteiger partial charge is 0.0488 e. The van der Waals surface area contributed by atoms with Crippen LogP contribution in [0.25, 0.3) is 0 Å². The predicted octanol–water partition coefficient (Wildman–Crippen LogP) is 3.09. The molecule has 0 unspecified atom stereocenters. The number of benzene rings is 1. The van der Waals surface area contributed by atoms with Crippen LogP contribution in [0.5, 0.6) is 0 Å². The van der Waals surface area contributed by atoms with E-state index in [0.717, 1.165) is 33.9 Å². The average Bonchev–Trinajstić information content (AvgIpc) is 2.34. The van der Waals surface area contributed by atoms with Crippen molar-refractivity contribution in [3.05, 3.63) is 22.2 Å². The van der Waals surface area contributed by atoms with E-state index in [4.69, 9.17) is 5.73 Å². The minimum Gasteiger partial charge on any atom is -0.398 e. The molecule has 0 saturated carbocycles. The first-order valence-corrected chi connectivity index (χ1v) is 7.33. The molecule has 3 nitrogen and oxygen atoms in total. The molecular weight excluding hydrogens is 290 g/mol. The summed E-state index contributed by atoms with van der Waals surface area (Å²) in [5.74, 6) is 0.783. The van der Waals surface area contributed by atoms with Gasteiger partial charge in [0.2, 0.25) is 0 Å². The van der Waals surface area contributed by atoms with Crippen molar-refractivity contribution >= 4 is 27.3 Å². The Morgan fingerprint density at radius 2 is 2.06 bits per heavy atom. The SMILES string of the molecule is Cc1cc(NCC2CCN(C)CC2)c(Br)cc1N. The predicted molar refractivity (Wildman–Crippen MR) is 82.0 cm³/mol. The van der Waals surface area contributed by atoms with Crippen LogP contribution in [-0.4, -0.2) is 31.6 Å². The van der Waals surface area contributed by atoms with Crippen molar-refractivity contribution < 1.29 is 0 Å². The van der Waals surface area contributed by atoms with Crippen molar-refractivity contribution in [2.45, 2.75) is 19.8 Å². The van der Waals surface area contributed by atoms with E-state index in [1.54, 1.807) is 0 Å². The highest BCUT2D eigenvalue weighted by atomic mass is 79.9. The number of likely N-dealkylation sites (tertiary alicyclic amines) is 1. The van der Waals surface area contributed by atoms with Gasteiger partial charge in [0, 0.05) is 22.4 Å². The third-order valence-electron chi connectivity index (χ3n) is 3.78. The number of nitrogens with two attached hydrogens (primary N) is 1. The summed E-state index contributed by atoms with van der Waals surface area (Å²) in [6.07, 6.45) is 2.57. The molecule has 0 aromatic heterocycles. The number of aryl methyl sites for hydroxylation is 1. The quantitative estimate of drug-likeness (QED) is 0.843. The van der Waals surface area contributed by atoms with Gasteiger partial charge < -0.3 is 16.0 Å². The van der Waals surface area contributed by atoms with Gasteiger partial charge in [0.1, 0.15) is 0 Å². The van der Waals surface area contributed by atoms with E-state index < -0.39 is 0 Å². The lowest BCUT2D eigenvalue weighted by Crippen LogP contribution is -2.33. The highest BCUT2D eigenvalue weighted by Gasteiger charge is 2.16. The molecule has 100 valence electrons. The number of hydrogen-bond acceptors (Lipinski definition) is 3. The maximum Gasteiger partial charge on any atom is 0.0488 e. The molecule has 1 aliphatic rings. The van der Waals surface area contributed by atoms with Crippen molar-refractivity contribution in [1.29, 1.82) is 0 Å². The fourth-order valence-corrected chi connectivity index (χ4v) is 2.85. The number of hydrogen-bond donors (Lipinski definition) is 2. The van der Waals surface area contributed by atoms with E-state index in [-0.39, 0.29) is 0 Å². The molecule has 1 aromatic rings. The van der Waals surface area contributed by atoms with Gasteiger partial charge in [-0.1, -0.05) is 0 Å². The standard InChI is InChI=1S/C14H22BrN3/c1-10-7-14(12(15)8-13(10)16)17-9-11-3-5-18(2)6-4-11/h7-8,11,17H,3-6,9,16H2,1-2H3. The van der Waals surface area contributed by atoms with Crippen LogP contribution in [0.3, 0.4) is 0 Å². The summed E-state index contributed by atoms with van der Waals surface area (Å²) in [6.45, 7) is 5.53. The summed E-state index contributed by atoms with van der Waals surface area (Å²) in [6, 6.07) is 4.10. The lowest BCUT2D eigenvalue weighted by Gasteiger charge is -2.29. The number of halogens is 1. The number of nitrogens with one attached hydrogen (secondary N) is 1. The third-order valence-corrected chi connectivity index (χ3v) is 4.43. The van der Waals surface area contributed by atoms with E-state index >= 15 is 0 Å². The van der Waals surface area contributed by atoms with Crippen LogP contribution in [0, 0.1) is 12.8 Å². The number of nitrogen functional groups attached to an aromatic ring is 1. The lowest BCUT2D eigenvalue weighted by molar-refractivity contribution is 0.226. The minimum absolute atomic E-state index is 0.783. The molecule has 1 saturated heterocycles. The van der Waals surface area contributed by atoms with E-state index in [1.165, 1.54) is 25.9 Å². The first-order chi connectivity index (χ1) is 8.56. The topological polar surface area (TPSA) is 41.3 Å². The maximum absolute atomic E-state index is 5.88. The van der Waals surface area contributed by atoms with Gasteiger partial charge in [-0.15, -0.1) is 0 Å².